The molecule has 116 valence electrons. The van der Waals surface area contributed by atoms with E-state index < -0.39 is 5.97 Å². The zero-order valence-corrected chi connectivity index (χ0v) is 12.6. The van der Waals surface area contributed by atoms with Gasteiger partial charge in [-0.25, -0.2) is 9.97 Å². The first kappa shape index (κ1) is 15.3. The number of hydrogen-bond donors (Lipinski definition) is 2. The third-order valence-corrected chi connectivity index (χ3v) is 4.05. The van der Waals surface area contributed by atoms with E-state index in [9.17, 15) is 4.79 Å². The molecule has 0 amide bonds. The van der Waals surface area contributed by atoms with E-state index in [2.05, 4.69) is 33.6 Å². The van der Waals surface area contributed by atoms with E-state index in [-0.39, 0.29) is 5.92 Å². The molecule has 7 nitrogen and oxygen atoms in total. The lowest BCUT2D eigenvalue weighted by Gasteiger charge is -2.32. The molecule has 3 N–H and O–H groups in total. The van der Waals surface area contributed by atoms with Crippen LogP contribution in [0.5, 0.6) is 0 Å². The van der Waals surface area contributed by atoms with Crippen molar-refractivity contribution in [2.24, 2.45) is 5.92 Å². The van der Waals surface area contributed by atoms with E-state index in [0.717, 1.165) is 24.7 Å². The van der Waals surface area contributed by atoms with Gasteiger partial charge in [0.15, 0.2) is 11.6 Å². The molecule has 0 aliphatic carbocycles. The van der Waals surface area contributed by atoms with Crippen molar-refractivity contribution in [3.8, 4) is 0 Å². The van der Waals surface area contributed by atoms with Crippen molar-refractivity contribution in [1.29, 1.82) is 0 Å². The van der Waals surface area contributed by atoms with Crippen LogP contribution in [-0.4, -0.2) is 47.2 Å². The molecule has 2 heterocycles. The van der Waals surface area contributed by atoms with Crippen LogP contribution < -0.4 is 15.5 Å². The third-order valence-electron chi connectivity index (χ3n) is 4.05. The summed E-state index contributed by atoms with van der Waals surface area (Å²) in [6.07, 6.45) is 2.78. The van der Waals surface area contributed by atoms with Gasteiger partial charge in [0.1, 0.15) is 12.0 Å². The van der Waals surface area contributed by atoms with Gasteiger partial charge in [0.2, 0.25) is 0 Å². The van der Waals surface area contributed by atoms with Crippen LogP contribution in [0.3, 0.4) is 0 Å². The Bertz CT molecular complexity index is 496. The SMILES string of the molecule is CCN(CC)c1ncnc(N2CCC(C(=O)O)CC2)c1N. The second-order valence-electron chi connectivity index (χ2n) is 5.21. The Morgan fingerprint density at radius 2 is 2.00 bits per heavy atom. The number of piperidine rings is 1. The van der Waals surface area contributed by atoms with Crippen LogP contribution in [0.1, 0.15) is 26.7 Å². The van der Waals surface area contributed by atoms with Crippen molar-refractivity contribution in [3.05, 3.63) is 6.33 Å². The highest BCUT2D eigenvalue weighted by atomic mass is 16.4. The summed E-state index contributed by atoms with van der Waals surface area (Å²) in [5.74, 6) is 0.502. The molecule has 1 aromatic heterocycles. The molecule has 2 rings (SSSR count). The van der Waals surface area contributed by atoms with E-state index in [1.54, 1.807) is 0 Å². The molecular weight excluding hydrogens is 270 g/mol. The maximum atomic E-state index is 11.0. The van der Waals surface area contributed by atoms with Crippen molar-refractivity contribution in [1.82, 2.24) is 9.97 Å². The lowest BCUT2D eigenvalue weighted by molar-refractivity contribution is -0.142. The summed E-state index contributed by atoms with van der Waals surface area (Å²) in [5.41, 5.74) is 6.81. The van der Waals surface area contributed by atoms with Gasteiger partial charge in [0, 0.05) is 26.2 Å². The normalized spacial score (nSPS) is 16.0. The van der Waals surface area contributed by atoms with Gasteiger partial charge in [-0.2, -0.15) is 0 Å². The molecule has 21 heavy (non-hydrogen) atoms. The zero-order chi connectivity index (χ0) is 15.4. The van der Waals surface area contributed by atoms with Gasteiger partial charge >= 0.3 is 5.97 Å². The van der Waals surface area contributed by atoms with Crippen LogP contribution in [0.2, 0.25) is 0 Å². The largest absolute Gasteiger partial charge is 0.481 e. The lowest BCUT2D eigenvalue weighted by atomic mass is 9.97. The smallest absolute Gasteiger partial charge is 0.306 e. The van der Waals surface area contributed by atoms with Crippen molar-refractivity contribution in [2.75, 3.05) is 41.7 Å². The van der Waals surface area contributed by atoms with Crippen LogP contribution in [-0.2, 0) is 4.79 Å². The molecule has 0 atom stereocenters. The summed E-state index contributed by atoms with van der Waals surface area (Å²) in [4.78, 5) is 23.7. The van der Waals surface area contributed by atoms with Gasteiger partial charge < -0.3 is 20.6 Å². The Hall–Kier alpha value is -2.05. The van der Waals surface area contributed by atoms with E-state index in [1.807, 2.05) is 0 Å². The maximum Gasteiger partial charge on any atom is 0.306 e. The summed E-state index contributed by atoms with van der Waals surface area (Å²) in [7, 11) is 0. The molecule has 1 aliphatic heterocycles. The third kappa shape index (κ3) is 3.17. The highest BCUT2D eigenvalue weighted by molar-refractivity contribution is 5.76. The van der Waals surface area contributed by atoms with E-state index in [1.165, 1.54) is 6.33 Å². The summed E-state index contributed by atoms with van der Waals surface area (Å²) in [6.45, 7) is 7.11. The van der Waals surface area contributed by atoms with Crippen LogP contribution in [0.4, 0.5) is 17.3 Å². The van der Waals surface area contributed by atoms with Gasteiger partial charge in [0.25, 0.3) is 0 Å². The molecule has 0 bridgehead atoms. The number of aromatic nitrogens is 2. The van der Waals surface area contributed by atoms with Crippen molar-refractivity contribution in [2.45, 2.75) is 26.7 Å². The van der Waals surface area contributed by atoms with Crippen molar-refractivity contribution < 1.29 is 9.90 Å². The number of carbonyl (C=O) groups is 1. The van der Waals surface area contributed by atoms with Crippen LogP contribution >= 0.6 is 0 Å². The van der Waals surface area contributed by atoms with Crippen molar-refractivity contribution >= 4 is 23.3 Å². The van der Waals surface area contributed by atoms with E-state index >= 15 is 0 Å². The number of aliphatic carboxylic acids is 1. The van der Waals surface area contributed by atoms with Gasteiger partial charge in [-0.1, -0.05) is 0 Å². The predicted octanol–water partition coefficient (Wildman–Crippen LogP) is 1.21. The number of hydrogen-bond acceptors (Lipinski definition) is 6. The van der Waals surface area contributed by atoms with E-state index in [0.29, 0.717) is 31.6 Å². The number of rotatable bonds is 5. The minimum absolute atomic E-state index is 0.258. The number of nitrogens with zero attached hydrogens (tertiary/aromatic N) is 4. The van der Waals surface area contributed by atoms with Crippen LogP contribution in [0.25, 0.3) is 0 Å². The minimum atomic E-state index is -0.714. The Labute approximate surface area is 124 Å². The fourth-order valence-electron chi connectivity index (χ4n) is 2.74. The molecule has 0 saturated carbocycles. The molecule has 1 aliphatic rings. The first-order chi connectivity index (χ1) is 10.1. The standard InChI is InChI=1S/C14H23N5O2/c1-3-18(4-2)12-11(15)13(17-9-16-12)19-7-5-10(6-8-19)14(20)21/h9-10H,3-8,15H2,1-2H3,(H,20,21). The molecule has 0 spiro atoms. The van der Waals surface area contributed by atoms with Gasteiger partial charge in [-0.15, -0.1) is 0 Å². The number of anilines is 3. The molecule has 1 fully saturated rings. The second kappa shape index (κ2) is 6.60. The number of carboxylic acid groups (broad SMARTS) is 1. The van der Waals surface area contributed by atoms with Crippen LogP contribution in [0, 0.1) is 5.92 Å². The lowest BCUT2D eigenvalue weighted by Crippen LogP contribution is -2.37. The van der Waals surface area contributed by atoms with E-state index in [4.69, 9.17) is 10.8 Å². The Morgan fingerprint density at radius 3 is 2.52 bits per heavy atom. The Kier molecular flexibility index (Phi) is 4.82. The highest BCUT2D eigenvalue weighted by Gasteiger charge is 2.27. The zero-order valence-electron chi connectivity index (χ0n) is 12.6. The first-order valence-electron chi connectivity index (χ1n) is 7.41. The topological polar surface area (TPSA) is 95.6 Å². The summed E-state index contributed by atoms with van der Waals surface area (Å²) in [5, 5.41) is 9.05. The fraction of sp³-hybridized carbons (Fsp3) is 0.643. The summed E-state index contributed by atoms with van der Waals surface area (Å²) < 4.78 is 0. The average molecular weight is 293 g/mol. The van der Waals surface area contributed by atoms with Gasteiger partial charge in [-0.3, -0.25) is 4.79 Å². The van der Waals surface area contributed by atoms with Gasteiger partial charge in [0.05, 0.1) is 5.92 Å². The number of nitrogens with two attached hydrogens (primary N) is 1. The fourth-order valence-corrected chi connectivity index (χ4v) is 2.74. The van der Waals surface area contributed by atoms with Crippen LogP contribution in [0.15, 0.2) is 6.33 Å². The second-order valence-corrected chi connectivity index (χ2v) is 5.21. The monoisotopic (exact) mass is 293 g/mol. The maximum absolute atomic E-state index is 11.0. The molecular formula is C14H23N5O2. The quantitative estimate of drug-likeness (QED) is 0.842. The van der Waals surface area contributed by atoms with Crippen molar-refractivity contribution in [3.63, 3.8) is 0 Å². The van der Waals surface area contributed by atoms with Gasteiger partial charge in [-0.05, 0) is 26.7 Å². The number of carboxylic acids is 1. The highest BCUT2D eigenvalue weighted by Crippen LogP contribution is 2.31. The molecule has 7 heteroatoms. The Morgan fingerprint density at radius 1 is 1.38 bits per heavy atom. The predicted molar refractivity (Wildman–Crippen MR) is 82.6 cm³/mol. The average Bonchev–Trinajstić information content (AvgIpc) is 2.50. The molecule has 1 saturated heterocycles. The summed E-state index contributed by atoms with van der Waals surface area (Å²) >= 11 is 0. The molecule has 0 radical (unpaired) electrons. The first-order valence-corrected chi connectivity index (χ1v) is 7.41. The summed E-state index contributed by atoms with van der Waals surface area (Å²) in [6, 6.07) is 0. The minimum Gasteiger partial charge on any atom is -0.481 e. The molecule has 0 unspecified atom stereocenters. The molecule has 1 aromatic rings. The Balaban J connectivity index is 2.18. The molecule has 0 aromatic carbocycles. The number of nitrogen functional groups attached to an aromatic ring is 1.